The van der Waals surface area contributed by atoms with E-state index in [1.165, 1.54) is 11.2 Å². The molecular weight excluding hydrogens is 376 g/mol. The highest BCUT2D eigenvalue weighted by Gasteiger charge is 2.43. The van der Waals surface area contributed by atoms with E-state index in [-0.39, 0.29) is 18.0 Å². The van der Waals surface area contributed by atoms with Crippen molar-refractivity contribution in [2.75, 3.05) is 11.9 Å². The second kappa shape index (κ2) is 8.65. The summed E-state index contributed by atoms with van der Waals surface area (Å²) in [5, 5.41) is 12.0. The van der Waals surface area contributed by atoms with Crippen molar-refractivity contribution in [3.63, 3.8) is 0 Å². The van der Waals surface area contributed by atoms with E-state index in [0.717, 1.165) is 30.8 Å². The number of piperidine rings is 2. The Morgan fingerprint density at radius 3 is 2.73 bits per heavy atom. The molecule has 3 aliphatic rings. The number of fused-ring (bicyclic) bond motifs is 3. The molecule has 3 fully saturated rings. The molecule has 7 heteroatoms. The van der Waals surface area contributed by atoms with E-state index in [1.54, 1.807) is 24.5 Å². The molecule has 1 amide bonds. The summed E-state index contributed by atoms with van der Waals surface area (Å²) in [5.41, 5.74) is 2.43. The smallest absolute Gasteiger partial charge is 0.252 e. The molecule has 30 heavy (non-hydrogen) atoms. The summed E-state index contributed by atoms with van der Waals surface area (Å²) >= 11 is 0. The number of hydrogen-bond donors (Lipinski definition) is 1. The van der Waals surface area contributed by atoms with Crippen LogP contribution in [0.4, 0.5) is 5.82 Å². The van der Waals surface area contributed by atoms with E-state index < -0.39 is 0 Å². The van der Waals surface area contributed by atoms with Gasteiger partial charge in [0.25, 0.3) is 5.91 Å². The third-order valence-corrected chi connectivity index (χ3v) is 6.01. The number of pyridine rings is 1. The van der Waals surface area contributed by atoms with E-state index in [4.69, 9.17) is 0 Å². The number of hydrogen-bond acceptors (Lipinski definition) is 5. The predicted molar refractivity (Wildman–Crippen MR) is 117 cm³/mol. The molecule has 2 aromatic rings. The topological polar surface area (TPSA) is 75.9 Å². The number of nitrogens with one attached hydrogen (secondary N) is 1. The number of anilines is 1. The second-order valence-electron chi connectivity index (χ2n) is 8.10. The summed E-state index contributed by atoms with van der Waals surface area (Å²) in [6.07, 6.45) is 13.6. The second-order valence-corrected chi connectivity index (χ2v) is 8.10. The number of aromatic nitrogens is 4. The fourth-order valence-corrected chi connectivity index (χ4v) is 4.49. The minimum absolute atomic E-state index is 0.0362. The summed E-state index contributed by atoms with van der Waals surface area (Å²) in [5.74, 6) is 1.41. The van der Waals surface area contributed by atoms with Gasteiger partial charge in [0, 0.05) is 24.4 Å². The van der Waals surface area contributed by atoms with Crippen molar-refractivity contribution >= 4 is 17.4 Å². The van der Waals surface area contributed by atoms with Crippen LogP contribution in [0.2, 0.25) is 0 Å². The first kappa shape index (κ1) is 20.1. The number of carbonyl (C=O) groups is 1. The van der Waals surface area contributed by atoms with Crippen molar-refractivity contribution in [3.05, 3.63) is 66.7 Å². The Hall–Kier alpha value is -3.22. The zero-order valence-electron chi connectivity index (χ0n) is 17.5. The quantitative estimate of drug-likeness (QED) is 0.590. The molecule has 2 aliphatic heterocycles. The zero-order chi connectivity index (χ0) is 21.1. The third kappa shape index (κ3) is 4.06. The van der Waals surface area contributed by atoms with Gasteiger partial charge in [-0.1, -0.05) is 24.8 Å². The fourth-order valence-electron chi connectivity index (χ4n) is 4.49. The molecule has 156 valence electrons. The SMILES string of the molecule is C=C/C=C\C(=C(/C)C(=O)N1CC2CCC1C(Nc1ccc(C)cn1)C2)n1nccn1. The number of allylic oxidation sites excluding steroid dienone is 4. The first-order valence-electron chi connectivity index (χ1n) is 10.4. The molecular formula is C23H28N6O. The summed E-state index contributed by atoms with van der Waals surface area (Å²) in [6.45, 7) is 8.40. The fraction of sp³-hybridized carbons (Fsp3) is 0.391. The van der Waals surface area contributed by atoms with Crippen LogP contribution in [0.5, 0.6) is 0 Å². The zero-order valence-corrected chi connectivity index (χ0v) is 17.5. The minimum atomic E-state index is 0.0362. The van der Waals surface area contributed by atoms with E-state index in [0.29, 0.717) is 17.2 Å². The van der Waals surface area contributed by atoms with Crippen LogP contribution in [0, 0.1) is 12.8 Å². The molecule has 2 bridgehead atoms. The summed E-state index contributed by atoms with van der Waals surface area (Å²) < 4.78 is 0. The van der Waals surface area contributed by atoms with Gasteiger partial charge in [-0.05, 0) is 56.7 Å². The van der Waals surface area contributed by atoms with Gasteiger partial charge < -0.3 is 10.2 Å². The molecule has 5 rings (SSSR count). The van der Waals surface area contributed by atoms with Crippen LogP contribution in [-0.4, -0.2) is 49.4 Å². The largest absolute Gasteiger partial charge is 0.365 e. The molecule has 3 atom stereocenters. The highest BCUT2D eigenvalue weighted by Crippen LogP contribution is 2.37. The van der Waals surface area contributed by atoms with Crippen LogP contribution in [0.15, 0.2) is 61.1 Å². The maximum absolute atomic E-state index is 13.5. The van der Waals surface area contributed by atoms with Gasteiger partial charge >= 0.3 is 0 Å². The highest BCUT2D eigenvalue weighted by atomic mass is 16.2. The van der Waals surface area contributed by atoms with Crippen LogP contribution in [0.1, 0.15) is 31.7 Å². The standard InChI is InChI=1S/C23H28N6O/c1-4-5-6-20(29-25-11-12-26-29)17(3)23(30)28-15-18-8-9-21(28)19(13-18)27-22-10-7-16(2)14-24-22/h4-7,10-12,14,18-19,21H,1,8-9,13,15H2,2-3H3,(H,24,27)/b6-5-,20-17-. The Balaban J connectivity index is 1.59. The Kier molecular flexibility index (Phi) is 5.79. The van der Waals surface area contributed by atoms with Crippen molar-refractivity contribution in [1.29, 1.82) is 0 Å². The van der Waals surface area contributed by atoms with E-state index >= 15 is 0 Å². The lowest BCUT2D eigenvalue weighted by Crippen LogP contribution is -2.60. The molecule has 7 nitrogen and oxygen atoms in total. The third-order valence-electron chi connectivity index (χ3n) is 6.01. The molecule has 1 aliphatic carbocycles. The number of amides is 1. The van der Waals surface area contributed by atoms with Crippen molar-refractivity contribution in [3.8, 4) is 0 Å². The molecule has 2 saturated heterocycles. The maximum atomic E-state index is 13.5. The Morgan fingerprint density at radius 2 is 2.07 bits per heavy atom. The molecule has 0 aromatic carbocycles. The van der Waals surface area contributed by atoms with Crippen LogP contribution in [0.3, 0.4) is 0 Å². The maximum Gasteiger partial charge on any atom is 0.252 e. The molecule has 4 heterocycles. The molecule has 1 N–H and O–H groups in total. The Morgan fingerprint density at radius 1 is 1.27 bits per heavy atom. The van der Waals surface area contributed by atoms with Crippen LogP contribution in [-0.2, 0) is 4.79 Å². The van der Waals surface area contributed by atoms with E-state index in [1.807, 2.05) is 37.1 Å². The first-order valence-corrected chi connectivity index (χ1v) is 10.4. The monoisotopic (exact) mass is 404 g/mol. The van der Waals surface area contributed by atoms with Crippen molar-refractivity contribution in [1.82, 2.24) is 24.9 Å². The molecule has 2 aromatic heterocycles. The lowest BCUT2D eigenvalue weighted by Gasteiger charge is -2.50. The average Bonchev–Trinajstić information content (AvgIpc) is 3.30. The van der Waals surface area contributed by atoms with Gasteiger partial charge in [0.1, 0.15) is 5.82 Å². The molecule has 0 radical (unpaired) electrons. The first-order chi connectivity index (χ1) is 14.6. The van der Waals surface area contributed by atoms with E-state index in [9.17, 15) is 4.79 Å². The summed E-state index contributed by atoms with van der Waals surface area (Å²) in [4.78, 5) is 21.5. The number of aryl methyl sites for hydroxylation is 1. The van der Waals surface area contributed by atoms with Crippen LogP contribution < -0.4 is 5.32 Å². The van der Waals surface area contributed by atoms with Gasteiger partial charge in [-0.3, -0.25) is 4.79 Å². The van der Waals surface area contributed by atoms with Gasteiger partial charge in [-0.15, -0.1) is 0 Å². The van der Waals surface area contributed by atoms with Crippen molar-refractivity contribution in [2.24, 2.45) is 5.92 Å². The Bertz CT molecular complexity index is 960. The molecule has 3 unspecified atom stereocenters. The van der Waals surface area contributed by atoms with Gasteiger partial charge in [0.15, 0.2) is 0 Å². The Labute approximate surface area is 177 Å². The van der Waals surface area contributed by atoms with Crippen LogP contribution >= 0.6 is 0 Å². The number of rotatable bonds is 6. The van der Waals surface area contributed by atoms with Gasteiger partial charge in [-0.2, -0.15) is 15.0 Å². The highest BCUT2D eigenvalue weighted by molar-refractivity contribution is 5.99. The van der Waals surface area contributed by atoms with Crippen molar-refractivity contribution in [2.45, 2.75) is 45.2 Å². The lowest BCUT2D eigenvalue weighted by molar-refractivity contribution is -0.134. The molecule has 0 spiro atoms. The average molecular weight is 405 g/mol. The van der Waals surface area contributed by atoms with Crippen LogP contribution in [0.25, 0.3) is 5.70 Å². The van der Waals surface area contributed by atoms with Gasteiger partial charge in [0.2, 0.25) is 0 Å². The predicted octanol–water partition coefficient (Wildman–Crippen LogP) is 3.45. The summed E-state index contributed by atoms with van der Waals surface area (Å²) in [6, 6.07) is 4.42. The molecule has 1 saturated carbocycles. The van der Waals surface area contributed by atoms with E-state index in [2.05, 4.69) is 33.1 Å². The summed E-state index contributed by atoms with van der Waals surface area (Å²) in [7, 11) is 0. The number of carbonyl (C=O) groups excluding carboxylic acids is 1. The number of nitrogens with zero attached hydrogens (tertiary/aromatic N) is 5. The lowest BCUT2D eigenvalue weighted by atomic mass is 9.76. The van der Waals surface area contributed by atoms with Crippen molar-refractivity contribution < 1.29 is 4.79 Å². The minimum Gasteiger partial charge on any atom is -0.365 e. The van der Waals surface area contributed by atoms with Gasteiger partial charge in [0.05, 0.1) is 24.1 Å². The normalized spacial score (nSPS) is 24.1. The van der Waals surface area contributed by atoms with Gasteiger partial charge in [-0.25, -0.2) is 4.98 Å².